The topological polar surface area (TPSA) is 27.1 Å². The molecule has 1 aromatic carbocycles. The monoisotopic (exact) mass is 266 g/mol. The molecule has 0 bridgehead atoms. The number of imidazole rings is 1. The van der Waals surface area contributed by atoms with E-state index in [9.17, 15) is 0 Å². The van der Waals surface area contributed by atoms with Crippen molar-refractivity contribution in [1.82, 2.24) is 9.55 Å². The van der Waals surface area contributed by atoms with E-state index in [-0.39, 0.29) is 6.10 Å². The zero-order chi connectivity index (χ0) is 13.1. The first-order valence-corrected chi connectivity index (χ1v) is 6.91. The van der Waals surface area contributed by atoms with Crippen molar-refractivity contribution in [2.24, 2.45) is 0 Å². The number of fused-ring (bicyclic) bond motifs is 1. The molecule has 0 spiro atoms. The fraction of sp³-hybridized carbons (Fsp3) is 0.500. The highest BCUT2D eigenvalue weighted by Crippen LogP contribution is 2.27. The van der Waals surface area contributed by atoms with Gasteiger partial charge in [-0.3, -0.25) is 0 Å². The molecule has 2 aromatic rings. The minimum absolute atomic E-state index is 0.145. The van der Waals surface area contributed by atoms with Gasteiger partial charge in [0.05, 0.1) is 17.5 Å². The molecule has 1 heterocycles. The van der Waals surface area contributed by atoms with Crippen LogP contribution >= 0.6 is 11.6 Å². The van der Waals surface area contributed by atoms with Crippen molar-refractivity contribution in [3.05, 3.63) is 24.0 Å². The number of aromatic nitrogens is 2. The third kappa shape index (κ3) is 2.46. The molecule has 0 saturated carbocycles. The molecule has 0 unspecified atom stereocenters. The van der Waals surface area contributed by atoms with Gasteiger partial charge in [-0.25, -0.2) is 4.98 Å². The van der Waals surface area contributed by atoms with Gasteiger partial charge in [0.25, 0.3) is 0 Å². The molecule has 0 aliphatic rings. The van der Waals surface area contributed by atoms with Crippen molar-refractivity contribution in [3.63, 3.8) is 0 Å². The maximum absolute atomic E-state index is 5.97. The summed E-state index contributed by atoms with van der Waals surface area (Å²) < 4.78 is 7.98. The van der Waals surface area contributed by atoms with Crippen LogP contribution in [0.25, 0.3) is 11.0 Å². The van der Waals surface area contributed by atoms with E-state index in [2.05, 4.69) is 22.5 Å². The number of ether oxygens (including phenoxy) is 1. The molecule has 4 heteroatoms. The van der Waals surface area contributed by atoms with Gasteiger partial charge >= 0.3 is 0 Å². The predicted molar refractivity (Wildman–Crippen MR) is 75.3 cm³/mol. The highest BCUT2D eigenvalue weighted by atomic mass is 35.5. The van der Waals surface area contributed by atoms with Crippen molar-refractivity contribution < 1.29 is 4.74 Å². The fourth-order valence-corrected chi connectivity index (χ4v) is 2.30. The van der Waals surface area contributed by atoms with E-state index < -0.39 is 0 Å². The zero-order valence-corrected chi connectivity index (χ0v) is 11.9. The van der Waals surface area contributed by atoms with Gasteiger partial charge in [0, 0.05) is 6.54 Å². The van der Waals surface area contributed by atoms with E-state index in [0.29, 0.717) is 5.88 Å². The van der Waals surface area contributed by atoms with Crippen molar-refractivity contribution in [2.45, 2.75) is 45.7 Å². The molecule has 0 saturated heterocycles. The Kier molecular flexibility index (Phi) is 4.12. The normalized spacial score (nSPS) is 11.4. The van der Waals surface area contributed by atoms with Gasteiger partial charge in [0.2, 0.25) is 0 Å². The summed E-state index contributed by atoms with van der Waals surface area (Å²) in [6.45, 7) is 7.12. The van der Waals surface area contributed by atoms with Crippen LogP contribution in [0, 0.1) is 0 Å². The van der Waals surface area contributed by atoms with Crippen LogP contribution in [0.15, 0.2) is 18.2 Å². The van der Waals surface area contributed by atoms with Gasteiger partial charge in [-0.05, 0) is 32.4 Å². The van der Waals surface area contributed by atoms with E-state index in [0.717, 1.165) is 35.6 Å². The Labute approximate surface area is 113 Å². The molecule has 0 N–H and O–H groups in total. The Morgan fingerprint density at radius 2 is 2.17 bits per heavy atom. The third-order valence-electron chi connectivity index (χ3n) is 2.75. The largest absolute Gasteiger partial charge is 0.489 e. The molecule has 0 aliphatic carbocycles. The molecule has 0 aliphatic heterocycles. The standard InChI is InChI=1S/C14H19ClN2O/c1-4-8-17-11-6-5-7-12(18-10(2)3)14(11)16-13(17)9-15/h5-7,10H,4,8-9H2,1-3H3. The van der Waals surface area contributed by atoms with Crippen molar-refractivity contribution in [3.8, 4) is 5.75 Å². The summed E-state index contributed by atoms with van der Waals surface area (Å²) in [5.41, 5.74) is 2.01. The van der Waals surface area contributed by atoms with E-state index in [1.54, 1.807) is 0 Å². The Balaban J connectivity index is 2.56. The van der Waals surface area contributed by atoms with Crippen LogP contribution in [0.3, 0.4) is 0 Å². The summed E-state index contributed by atoms with van der Waals surface area (Å²) in [6.07, 6.45) is 1.20. The highest BCUT2D eigenvalue weighted by molar-refractivity contribution is 6.16. The molecule has 0 atom stereocenters. The van der Waals surface area contributed by atoms with Gasteiger partial charge in [0.15, 0.2) is 0 Å². The predicted octanol–water partition coefficient (Wildman–Crippen LogP) is 3.97. The number of nitrogens with zero attached hydrogens (tertiary/aromatic N) is 2. The Hall–Kier alpha value is -1.22. The second-order valence-corrected chi connectivity index (χ2v) is 4.87. The maximum atomic E-state index is 5.97. The van der Waals surface area contributed by atoms with Gasteiger partial charge in [0.1, 0.15) is 17.1 Å². The van der Waals surface area contributed by atoms with Crippen LogP contribution in [0.1, 0.15) is 33.0 Å². The van der Waals surface area contributed by atoms with Gasteiger partial charge < -0.3 is 9.30 Å². The molecule has 98 valence electrons. The Morgan fingerprint density at radius 1 is 1.39 bits per heavy atom. The second-order valence-electron chi connectivity index (χ2n) is 4.60. The van der Waals surface area contributed by atoms with Crippen LogP contribution in [0.5, 0.6) is 5.75 Å². The minimum Gasteiger partial charge on any atom is -0.489 e. The second kappa shape index (κ2) is 5.61. The minimum atomic E-state index is 0.145. The number of hydrogen-bond donors (Lipinski definition) is 0. The highest BCUT2D eigenvalue weighted by Gasteiger charge is 2.13. The summed E-state index contributed by atoms with van der Waals surface area (Å²) >= 11 is 5.97. The molecule has 2 rings (SSSR count). The van der Waals surface area contributed by atoms with Gasteiger partial charge in [-0.2, -0.15) is 0 Å². The molecular formula is C14H19ClN2O. The lowest BCUT2D eigenvalue weighted by Gasteiger charge is -2.10. The molecular weight excluding hydrogens is 248 g/mol. The third-order valence-corrected chi connectivity index (χ3v) is 2.99. The molecule has 0 fully saturated rings. The quantitative estimate of drug-likeness (QED) is 0.766. The lowest BCUT2D eigenvalue weighted by molar-refractivity contribution is 0.245. The number of benzene rings is 1. The fourth-order valence-electron chi connectivity index (χ4n) is 2.09. The van der Waals surface area contributed by atoms with Crippen LogP contribution in [0.2, 0.25) is 0 Å². The first-order valence-electron chi connectivity index (χ1n) is 6.38. The van der Waals surface area contributed by atoms with Crippen molar-refractivity contribution in [2.75, 3.05) is 0 Å². The van der Waals surface area contributed by atoms with E-state index in [1.165, 1.54) is 0 Å². The lowest BCUT2D eigenvalue weighted by atomic mass is 10.3. The van der Waals surface area contributed by atoms with Gasteiger partial charge in [-0.1, -0.05) is 13.0 Å². The van der Waals surface area contributed by atoms with Crippen LogP contribution in [-0.2, 0) is 12.4 Å². The molecule has 0 amide bonds. The van der Waals surface area contributed by atoms with E-state index >= 15 is 0 Å². The Morgan fingerprint density at radius 3 is 2.78 bits per heavy atom. The van der Waals surface area contributed by atoms with Crippen LogP contribution < -0.4 is 4.74 Å². The average molecular weight is 267 g/mol. The number of halogens is 1. The number of aryl methyl sites for hydroxylation is 1. The van der Waals surface area contributed by atoms with Crippen molar-refractivity contribution >= 4 is 22.6 Å². The van der Waals surface area contributed by atoms with Crippen LogP contribution in [0.4, 0.5) is 0 Å². The summed E-state index contributed by atoms with van der Waals surface area (Å²) in [6, 6.07) is 6.04. The van der Waals surface area contributed by atoms with Crippen molar-refractivity contribution in [1.29, 1.82) is 0 Å². The number of rotatable bonds is 5. The average Bonchev–Trinajstić information content (AvgIpc) is 2.69. The van der Waals surface area contributed by atoms with Crippen LogP contribution in [-0.4, -0.2) is 15.7 Å². The molecule has 0 radical (unpaired) electrons. The van der Waals surface area contributed by atoms with E-state index in [4.69, 9.17) is 16.3 Å². The van der Waals surface area contributed by atoms with Gasteiger partial charge in [-0.15, -0.1) is 11.6 Å². The summed E-state index contributed by atoms with van der Waals surface area (Å²) in [4.78, 5) is 4.61. The smallest absolute Gasteiger partial charge is 0.147 e. The summed E-state index contributed by atoms with van der Waals surface area (Å²) in [5, 5.41) is 0. The number of alkyl halides is 1. The first-order chi connectivity index (χ1) is 8.67. The SMILES string of the molecule is CCCn1c(CCl)nc2c(OC(C)C)cccc21. The number of para-hydroxylation sites is 1. The molecule has 3 nitrogen and oxygen atoms in total. The summed E-state index contributed by atoms with van der Waals surface area (Å²) in [7, 11) is 0. The summed E-state index contributed by atoms with van der Waals surface area (Å²) in [5.74, 6) is 2.17. The maximum Gasteiger partial charge on any atom is 0.147 e. The lowest BCUT2D eigenvalue weighted by Crippen LogP contribution is -2.05. The van der Waals surface area contributed by atoms with E-state index in [1.807, 2.05) is 26.0 Å². The Bertz CT molecular complexity index is 534. The molecule has 1 aromatic heterocycles. The first kappa shape index (κ1) is 13.2. The molecule has 18 heavy (non-hydrogen) atoms. The number of hydrogen-bond acceptors (Lipinski definition) is 2. The zero-order valence-electron chi connectivity index (χ0n) is 11.1.